The first-order valence-electron chi connectivity index (χ1n) is 5.15. The van der Waals surface area contributed by atoms with Crippen LogP contribution in [-0.2, 0) is 0 Å². The zero-order valence-electron chi connectivity index (χ0n) is 8.84. The Morgan fingerprint density at radius 3 is 2.88 bits per heavy atom. The molecule has 0 fully saturated rings. The summed E-state index contributed by atoms with van der Waals surface area (Å²) in [7, 11) is 0. The van der Waals surface area contributed by atoms with E-state index in [2.05, 4.69) is 9.97 Å². The average Bonchev–Trinajstić information content (AvgIpc) is 2.67. The van der Waals surface area contributed by atoms with Crippen LogP contribution < -0.4 is 5.73 Å². The van der Waals surface area contributed by atoms with Gasteiger partial charge in [-0.3, -0.25) is 0 Å². The van der Waals surface area contributed by atoms with Crippen LogP contribution in [0.15, 0.2) is 35.0 Å². The number of aromatic nitrogens is 2. The standard InChI is InChI=1S/C12H11N3O/c1-7(13)10-12-11(15-6-14-10)8-4-2-3-5-9(8)16-12/h2-7H,13H2,1H3. The number of rotatable bonds is 1. The molecule has 0 aliphatic heterocycles. The molecule has 3 aromatic rings. The van der Waals surface area contributed by atoms with Crippen LogP contribution in [0.3, 0.4) is 0 Å². The third-order valence-corrected chi connectivity index (χ3v) is 2.62. The lowest BCUT2D eigenvalue weighted by atomic mass is 10.2. The number of benzene rings is 1. The van der Waals surface area contributed by atoms with Crippen molar-refractivity contribution in [3.63, 3.8) is 0 Å². The Morgan fingerprint density at radius 2 is 2.06 bits per heavy atom. The van der Waals surface area contributed by atoms with E-state index in [0.29, 0.717) is 5.58 Å². The number of nitrogens with zero attached hydrogens (tertiary/aromatic N) is 2. The van der Waals surface area contributed by atoms with Gasteiger partial charge in [-0.25, -0.2) is 9.97 Å². The molecule has 1 aromatic carbocycles. The highest BCUT2D eigenvalue weighted by Crippen LogP contribution is 2.29. The number of hydrogen-bond donors (Lipinski definition) is 1. The number of furan rings is 1. The molecule has 0 saturated carbocycles. The van der Waals surface area contributed by atoms with E-state index in [4.69, 9.17) is 10.2 Å². The predicted molar refractivity (Wildman–Crippen MR) is 61.9 cm³/mol. The van der Waals surface area contributed by atoms with Crippen molar-refractivity contribution in [3.05, 3.63) is 36.3 Å². The summed E-state index contributed by atoms with van der Waals surface area (Å²) in [6.07, 6.45) is 1.53. The van der Waals surface area contributed by atoms with E-state index < -0.39 is 0 Å². The third-order valence-electron chi connectivity index (χ3n) is 2.62. The number of para-hydroxylation sites is 1. The highest BCUT2D eigenvalue weighted by molar-refractivity contribution is 6.02. The Bertz CT molecular complexity index is 657. The van der Waals surface area contributed by atoms with Gasteiger partial charge in [-0.15, -0.1) is 0 Å². The van der Waals surface area contributed by atoms with Crippen molar-refractivity contribution in [1.29, 1.82) is 0 Å². The van der Waals surface area contributed by atoms with E-state index in [0.717, 1.165) is 22.2 Å². The van der Waals surface area contributed by atoms with Gasteiger partial charge in [-0.05, 0) is 19.1 Å². The van der Waals surface area contributed by atoms with E-state index in [1.807, 2.05) is 31.2 Å². The molecule has 0 aliphatic rings. The van der Waals surface area contributed by atoms with Crippen LogP contribution in [0.25, 0.3) is 22.1 Å². The van der Waals surface area contributed by atoms with Crippen molar-refractivity contribution < 1.29 is 4.42 Å². The molecule has 3 rings (SSSR count). The van der Waals surface area contributed by atoms with Crippen LogP contribution in [0, 0.1) is 0 Å². The lowest BCUT2D eigenvalue weighted by Gasteiger charge is -2.02. The minimum atomic E-state index is -0.161. The van der Waals surface area contributed by atoms with Crippen molar-refractivity contribution in [2.45, 2.75) is 13.0 Å². The minimum absolute atomic E-state index is 0.161. The fourth-order valence-corrected chi connectivity index (χ4v) is 1.87. The maximum atomic E-state index is 5.85. The van der Waals surface area contributed by atoms with Gasteiger partial charge in [0, 0.05) is 11.4 Å². The molecule has 0 aliphatic carbocycles. The largest absolute Gasteiger partial charge is 0.452 e. The monoisotopic (exact) mass is 213 g/mol. The van der Waals surface area contributed by atoms with Gasteiger partial charge in [0.15, 0.2) is 5.58 Å². The zero-order valence-corrected chi connectivity index (χ0v) is 8.84. The van der Waals surface area contributed by atoms with Crippen molar-refractivity contribution >= 4 is 22.1 Å². The molecule has 4 heteroatoms. The molecule has 80 valence electrons. The second-order valence-electron chi connectivity index (χ2n) is 3.82. The number of hydrogen-bond acceptors (Lipinski definition) is 4. The average molecular weight is 213 g/mol. The maximum absolute atomic E-state index is 5.85. The summed E-state index contributed by atoms with van der Waals surface area (Å²) in [5, 5.41) is 1.00. The molecule has 0 amide bonds. The summed E-state index contributed by atoms with van der Waals surface area (Å²) >= 11 is 0. The Hall–Kier alpha value is -1.94. The van der Waals surface area contributed by atoms with E-state index in [-0.39, 0.29) is 6.04 Å². The fourth-order valence-electron chi connectivity index (χ4n) is 1.87. The van der Waals surface area contributed by atoms with E-state index in [1.165, 1.54) is 6.33 Å². The van der Waals surface area contributed by atoms with Crippen molar-refractivity contribution in [1.82, 2.24) is 9.97 Å². The van der Waals surface area contributed by atoms with Gasteiger partial charge in [-0.1, -0.05) is 12.1 Å². The lowest BCUT2D eigenvalue weighted by Crippen LogP contribution is -2.07. The van der Waals surface area contributed by atoms with Gasteiger partial charge in [0.25, 0.3) is 0 Å². The van der Waals surface area contributed by atoms with E-state index >= 15 is 0 Å². The summed E-state index contributed by atoms with van der Waals surface area (Å²) in [5.74, 6) is 0. The van der Waals surface area contributed by atoms with Crippen LogP contribution in [-0.4, -0.2) is 9.97 Å². The Morgan fingerprint density at radius 1 is 1.25 bits per heavy atom. The third kappa shape index (κ3) is 1.20. The molecule has 0 saturated heterocycles. The molecule has 0 spiro atoms. The SMILES string of the molecule is CC(N)c1ncnc2c1oc1ccccc12. The molecule has 16 heavy (non-hydrogen) atoms. The molecule has 0 radical (unpaired) electrons. The molecule has 2 heterocycles. The molecule has 1 atom stereocenters. The van der Waals surface area contributed by atoms with Crippen molar-refractivity contribution in [3.8, 4) is 0 Å². The van der Waals surface area contributed by atoms with Gasteiger partial charge in [0.1, 0.15) is 23.1 Å². The molecular formula is C12H11N3O. The van der Waals surface area contributed by atoms with Crippen LogP contribution >= 0.6 is 0 Å². The van der Waals surface area contributed by atoms with Crippen LogP contribution in [0.2, 0.25) is 0 Å². The van der Waals surface area contributed by atoms with E-state index in [9.17, 15) is 0 Å². The number of fused-ring (bicyclic) bond motifs is 3. The summed E-state index contributed by atoms with van der Waals surface area (Å²) < 4.78 is 5.74. The van der Waals surface area contributed by atoms with E-state index in [1.54, 1.807) is 0 Å². The van der Waals surface area contributed by atoms with Gasteiger partial charge >= 0.3 is 0 Å². The number of nitrogens with two attached hydrogens (primary N) is 1. The molecule has 1 unspecified atom stereocenters. The minimum Gasteiger partial charge on any atom is -0.452 e. The summed E-state index contributed by atoms with van der Waals surface area (Å²) in [6.45, 7) is 1.88. The maximum Gasteiger partial charge on any atom is 0.176 e. The highest BCUT2D eigenvalue weighted by Gasteiger charge is 2.14. The predicted octanol–water partition coefficient (Wildman–Crippen LogP) is 2.40. The first-order chi connectivity index (χ1) is 7.77. The van der Waals surface area contributed by atoms with Gasteiger partial charge < -0.3 is 10.2 Å². The fraction of sp³-hybridized carbons (Fsp3) is 0.167. The van der Waals surface area contributed by atoms with Gasteiger partial charge in [0.05, 0.1) is 0 Å². The molecule has 2 aromatic heterocycles. The van der Waals surface area contributed by atoms with Crippen molar-refractivity contribution in [2.75, 3.05) is 0 Å². The van der Waals surface area contributed by atoms with Crippen LogP contribution in [0.5, 0.6) is 0 Å². The smallest absolute Gasteiger partial charge is 0.176 e. The second-order valence-corrected chi connectivity index (χ2v) is 3.82. The Labute approximate surface area is 92.1 Å². The molecule has 4 nitrogen and oxygen atoms in total. The topological polar surface area (TPSA) is 64.9 Å². The Balaban J connectivity index is 2.49. The highest BCUT2D eigenvalue weighted by atomic mass is 16.3. The van der Waals surface area contributed by atoms with Crippen LogP contribution in [0.1, 0.15) is 18.7 Å². The lowest BCUT2D eigenvalue weighted by molar-refractivity contribution is 0.644. The van der Waals surface area contributed by atoms with Crippen LogP contribution in [0.4, 0.5) is 0 Å². The zero-order chi connectivity index (χ0) is 11.1. The van der Waals surface area contributed by atoms with Gasteiger partial charge in [0.2, 0.25) is 0 Å². The molecule has 0 bridgehead atoms. The van der Waals surface area contributed by atoms with Crippen molar-refractivity contribution in [2.24, 2.45) is 5.73 Å². The first kappa shape index (κ1) is 9.30. The summed E-state index contributed by atoms with van der Waals surface area (Å²) in [4.78, 5) is 8.42. The normalized spacial score (nSPS) is 13.4. The summed E-state index contributed by atoms with van der Waals surface area (Å²) in [6, 6.07) is 7.64. The Kier molecular flexibility index (Phi) is 1.91. The molecule has 2 N–H and O–H groups in total. The first-order valence-corrected chi connectivity index (χ1v) is 5.15. The summed E-state index contributed by atoms with van der Waals surface area (Å²) in [5.41, 5.74) is 8.95. The van der Waals surface area contributed by atoms with Gasteiger partial charge in [-0.2, -0.15) is 0 Å². The second kappa shape index (κ2) is 3.28. The molecular weight excluding hydrogens is 202 g/mol. The quantitative estimate of drug-likeness (QED) is 0.674.